The molecule has 0 spiro atoms. The van der Waals surface area contributed by atoms with Crippen LogP contribution < -0.4 is 0 Å². The van der Waals surface area contributed by atoms with E-state index in [9.17, 15) is 4.79 Å². The number of carbonyl (C=O) groups is 1. The van der Waals surface area contributed by atoms with E-state index in [4.69, 9.17) is 11.6 Å². The summed E-state index contributed by atoms with van der Waals surface area (Å²) in [7, 11) is 0. The van der Waals surface area contributed by atoms with Gasteiger partial charge < -0.3 is 0 Å². The molecule has 134 valence electrons. The molecule has 0 saturated heterocycles. The minimum atomic E-state index is 0.0915. The Morgan fingerprint density at radius 2 is 2.08 bits per heavy atom. The van der Waals surface area contributed by atoms with Crippen LogP contribution in [0.2, 0.25) is 5.02 Å². The van der Waals surface area contributed by atoms with Crippen LogP contribution in [0.1, 0.15) is 40.0 Å². The number of thiophene rings is 1. The van der Waals surface area contributed by atoms with Crippen molar-refractivity contribution in [3.05, 3.63) is 51.1 Å². The molecule has 0 bridgehead atoms. The first-order chi connectivity index (χ1) is 12.5. The number of rotatable bonds is 4. The van der Waals surface area contributed by atoms with Crippen molar-refractivity contribution in [2.24, 2.45) is 5.92 Å². The molecule has 2 aromatic heterocycles. The molecule has 3 aromatic rings. The third-order valence-corrected chi connectivity index (χ3v) is 7.12. The van der Waals surface area contributed by atoms with Crippen LogP contribution in [-0.4, -0.2) is 21.5 Å². The monoisotopic (exact) mass is 402 g/mol. The number of benzene rings is 1. The van der Waals surface area contributed by atoms with Gasteiger partial charge in [0.25, 0.3) is 0 Å². The topological polar surface area (TPSA) is 42.9 Å². The molecule has 1 aliphatic carbocycles. The van der Waals surface area contributed by atoms with Crippen molar-refractivity contribution >= 4 is 50.7 Å². The zero-order chi connectivity index (χ0) is 18.3. The summed E-state index contributed by atoms with van der Waals surface area (Å²) in [5, 5.41) is 2.76. The van der Waals surface area contributed by atoms with E-state index in [0.717, 1.165) is 34.4 Å². The Bertz CT molecular complexity index is 982. The van der Waals surface area contributed by atoms with E-state index in [1.54, 1.807) is 35.6 Å². The van der Waals surface area contributed by atoms with Crippen molar-refractivity contribution in [2.75, 3.05) is 5.75 Å². The third-order valence-electron chi connectivity index (χ3n) is 4.74. The van der Waals surface area contributed by atoms with Crippen molar-refractivity contribution in [1.29, 1.82) is 0 Å². The van der Waals surface area contributed by atoms with Crippen LogP contribution in [0, 0.1) is 12.8 Å². The second-order valence-electron chi connectivity index (χ2n) is 6.83. The average Bonchev–Trinajstić information content (AvgIpc) is 2.96. The van der Waals surface area contributed by atoms with Crippen LogP contribution in [0.15, 0.2) is 29.3 Å². The molecule has 1 aliphatic rings. The van der Waals surface area contributed by atoms with Gasteiger partial charge in [0.05, 0.1) is 5.75 Å². The van der Waals surface area contributed by atoms with E-state index in [1.165, 1.54) is 34.0 Å². The second-order valence-corrected chi connectivity index (χ2v) is 9.31. The molecule has 1 aromatic carbocycles. The number of fused-ring (bicyclic) bond motifs is 3. The molecule has 3 nitrogen and oxygen atoms in total. The van der Waals surface area contributed by atoms with Gasteiger partial charge in [-0.3, -0.25) is 4.79 Å². The number of ketones is 1. The number of halogens is 1. The highest BCUT2D eigenvalue weighted by Crippen LogP contribution is 2.41. The van der Waals surface area contributed by atoms with Gasteiger partial charge in [-0.25, -0.2) is 9.97 Å². The first-order valence-corrected chi connectivity index (χ1v) is 10.9. The molecule has 0 aliphatic heterocycles. The Balaban J connectivity index is 1.63. The average molecular weight is 403 g/mol. The molecule has 2 heterocycles. The lowest BCUT2D eigenvalue weighted by molar-refractivity contribution is 0.102. The Morgan fingerprint density at radius 1 is 1.31 bits per heavy atom. The molecule has 0 N–H and O–H groups in total. The van der Waals surface area contributed by atoms with Crippen LogP contribution >= 0.6 is 34.7 Å². The van der Waals surface area contributed by atoms with Gasteiger partial charge in [0, 0.05) is 20.8 Å². The summed E-state index contributed by atoms with van der Waals surface area (Å²) in [4.78, 5) is 24.4. The summed E-state index contributed by atoms with van der Waals surface area (Å²) in [6.07, 6.45) is 3.42. The number of thioether (sulfide) groups is 1. The van der Waals surface area contributed by atoms with Crippen LogP contribution in [0.5, 0.6) is 0 Å². The lowest BCUT2D eigenvalue weighted by Gasteiger charge is -2.18. The number of nitrogens with zero attached hydrogens (tertiary/aromatic N) is 2. The number of carbonyl (C=O) groups excluding carboxylic acids is 1. The predicted octanol–water partition coefficient (Wildman–Crippen LogP) is 5.75. The van der Waals surface area contributed by atoms with E-state index in [-0.39, 0.29) is 5.78 Å². The Morgan fingerprint density at radius 3 is 2.85 bits per heavy atom. The summed E-state index contributed by atoms with van der Waals surface area (Å²) < 4.78 is 0. The summed E-state index contributed by atoms with van der Waals surface area (Å²) >= 11 is 9.23. The van der Waals surface area contributed by atoms with Crippen molar-refractivity contribution in [3.8, 4) is 0 Å². The largest absolute Gasteiger partial charge is 0.293 e. The van der Waals surface area contributed by atoms with Gasteiger partial charge in [0.1, 0.15) is 15.7 Å². The van der Waals surface area contributed by atoms with Crippen molar-refractivity contribution in [3.63, 3.8) is 0 Å². The Kier molecular flexibility index (Phi) is 5.04. The van der Waals surface area contributed by atoms with Gasteiger partial charge >= 0.3 is 0 Å². The zero-order valence-electron chi connectivity index (χ0n) is 14.7. The molecule has 0 fully saturated rings. The lowest BCUT2D eigenvalue weighted by Crippen LogP contribution is -2.09. The van der Waals surface area contributed by atoms with E-state index in [2.05, 4.69) is 16.9 Å². The van der Waals surface area contributed by atoms with Gasteiger partial charge in [0.15, 0.2) is 5.78 Å². The molecular formula is C20H19ClN2OS2. The van der Waals surface area contributed by atoms with Gasteiger partial charge in [-0.2, -0.15) is 0 Å². The highest BCUT2D eigenvalue weighted by atomic mass is 35.5. The Hall–Kier alpha value is -1.43. The summed E-state index contributed by atoms with van der Waals surface area (Å²) in [6.45, 7) is 4.23. The van der Waals surface area contributed by atoms with E-state index < -0.39 is 0 Å². The van der Waals surface area contributed by atoms with Crippen LogP contribution in [0.4, 0.5) is 0 Å². The predicted molar refractivity (Wildman–Crippen MR) is 110 cm³/mol. The number of Topliss-reactive ketones (excluding diaryl/α,β-unsaturated/α-hetero) is 1. The molecule has 26 heavy (non-hydrogen) atoms. The fourth-order valence-electron chi connectivity index (χ4n) is 3.37. The highest BCUT2D eigenvalue weighted by Gasteiger charge is 2.24. The summed E-state index contributed by atoms with van der Waals surface area (Å²) in [5.74, 6) is 1.96. The maximum Gasteiger partial charge on any atom is 0.173 e. The first-order valence-electron chi connectivity index (χ1n) is 8.71. The first kappa shape index (κ1) is 18.0. The minimum absolute atomic E-state index is 0.0915. The maximum absolute atomic E-state index is 12.5. The van der Waals surface area contributed by atoms with Crippen molar-refractivity contribution in [2.45, 2.75) is 38.1 Å². The number of hydrogen-bond acceptors (Lipinski definition) is 5. The fourth-order valence-corrected chi connectivity index (χ4v) is 5.98. The van der Waals surface area contributed by atoms with E-state index in [1.807, 2.05) is 6.92 Å². The summed E-state index contributed by atoms with van der Waals surface area (Å²) in [5.41, 5.74) is 2.09. The summed E-state index contributed by atoms with van der Waals surface area (Å²) in [6, 6.07) is 7.06. The standard InChI is InChI=1S/C20H19ClN2OS2/c1-11-3-8-15-17(9-11)26-20-18(15)19(22-12(2)23-20)25-10-16(24)13-4-6-14(21)7-5-13/h4-7,11H,3,8-10H2,1-2H3/t11-/m1/s1. The fraction of sp³-hybridized carbons (Fsp3) is 0.350. The second kappa shape index (κ2) is 7.29. The van der Waals surface area contributed by atoms with Crippen LogP contribution in [-0.2, 0) is 12.8 Å². The van der Waals surface area contributed by atoms with Gasteiger partial charge in [0.2, 0.25) is 0 Å². The Labute approximate surface area is 166 Å². The van der Waals surface area contributed by atoms with Crippen molar-refractivity contribution < 1.29 is 4.79 Å². The van der Waals surface area contributed by atoms with Gasteiger partial charge in [-0.1, -0.05) is 30.3 Å². The third kappa shape index (κ3) is 3.53. The molecule has 4 rings (SSSR count). The smallest absolute Gasteiger partial charge is 0.173 e. The quantitative estimate of drug-likeness (QED) is 0.316. The molecule has 0 amide bonds. The SMILES string of the molecule is Cc1nc(SCC(=O)c2ccc(Cl)cc2)c2c3c(sc2n1)C[C@H](C)CC3. The maximum atomic E-state index is 12.5. The molecule has 0 unspecified atom stereocenters. The van der Waals surface area contributed by atoms with Crippen LogP contribution in [0.3, 0.4) is 0 Å². The number of aromatic nitrogens is 2. The molecule has 0 radical (unpaired) electrons. The van der Waals surface area contributed by atoms with E-state index >= 15 is 0 Å². The highest BCUT2D eigenvalue weighted by molar-refractivity contribution is 8.00. The molecular weight excluding hydrogens is 384 g/mol. The zero-order valence-corrected chi connectivity index (χ0v) is 17.1. The van der Waals surface area contributed by atoms with Gasteiger partial charge in [-0.05, 0) is 61.9 Å². The molecule has 0 saturated carbocycles. The minimum Gasteiger partial charge on any atom is -0.293 e. The normalized spacial score (nSPS) is 16.7. The van der Waals surface area contributed by atoms with Crippen molar-refractivity contribution in [1.82, 2.24) is 9.97 Å². The molecule has 6 heteroatoms. The van der Waals surface area contributed by atoms with E-state index in [0.29, 0.717) is 16.3 Å². The van der Waals surface area contributed by atoms with Gasteiger partial charge in [-0.15, -0.1) is 11.3 Å². The number of hydrogen-bond donors (Lipinski definition) is 0. The van der Waals surface area contributed by atoms with Crippen LogP contribution in [0.25, 0.3) is 10.2 Å². The lowest BCUT2D eigenvalue weighted by atomic mass is 9.89. The number of aryl methyl sites for hydroxylation is 2. The molecule has 1 atom stereocenters.